The Morgan fingerprint density at radius 2 is 2.05 bits per heavy atom. The second-order valence-corrected chi connectivity index (χ2v) is 4.90. The molecule has 5 heteroatoms. The number of benzene rings is 1. The lowest BCUT2D eigenvalue weighted by Crippen LogP contribution is -2.27. The van der Waals surface area contributed by atoms with Gasteiger partial charge in [-0.15, -0.1) is 0 Å². The van der Waals surface area contributed by atoms with Gasteiger partial charge >= 0.3 is 0 Å². The third kappa shape index (κ3) is 2.99. The molecule has 106 valence electrons. The molecule has 0 bridgehead atoms. The van der Waals surface area contributed by atoms with Crippen molar-refractivity contribution in [3.63, 3.8) is 0 Å². The summed E-state index contributed by atoms with van der Waals surface area (Å²) in [7, 11) is 1.74. The molecule has 0 aliphatic heterocycles. The van der Waals surface area contributed by atoms with E-state index in [0.29, 0.717) is 5.69 Å². The minimum absolute atomic E-state index is 0.0881. The maximum Gasteiger partial charge on any atom is 0.274 e. The number of carbonyl (C=O) groups is 1. The Labute approximate surface area is 118 Å². The SMILES string of the molecule is CCc1ccc(C(C)NC(=O)c2nn(C)cc2N)cc1. The molecule has 20 heavy (non-hydrogen) atoms. The van der Waals surface area contributed by atoms with E-state index in [4.69, 9.17) is 5.73 Å². The van der Waals surface area contributed by atoms with Crippen LogP contribution in [0.25, 0.3) is 0 Å². The van der Waals surface area contributed by atoms with Crippen LogP contribution in [0.3, 0.4) is 0 Å². The summed E-state index contributed by atoms with van der Waals surface area (Å²) >= 11 is 0. The van der Waals surface area contributed by atoms with Gasteiger partial charge in [-0.05, 0) is 24.5 Å². The predicted molar refractivity (Wildman–Crippen MR) is 79.3 cm³/mol. The zero-order valence-corrected chi connectivity index (χ0v) is 12.1. The zero-order chi connectivity index (χ0) is 14.7. The summed E-state index contributed by atoms with van der Waals surface area (Å²) in [5.41, 5.74) is 8.75. The van der Waals surface area contributed by atoms with Crippen LogP contribution < -0.4 is 11.1 Å². The number of nitrogen functional groups attached to an aromatic ring is 1. The first-order chi connectivity index (χ1) is 9.51. The maximum absolute atomic E-state index is 12.1. The van der Waals surface area contributed by atoms with Gasteiger partial charge in [-0.3, -0.25) is 9.48 Å². The molecule has 0 aliphatic carbocycles. The number of hydrogen-bond donors (Lipinski definition) is 2. The van der Waals surface area contributed by atoms with Crippen LogP contribution in [0.1, 0.15) is 41.5 Å². The van der Waals surface area contributed by atoms with Gasteiger partial charge in [-0.25, -0.2) is 0 Å². The summed E-state index contributed by atoms with van der Waals surface area (Å²) in [5.74, 6) is -0.254. The molecular formula is C15H20N4O. The van der Waals surface area contributed by atoms with Crippen LogP contribution >= 0.6 is 0 Å². The minimum Gasteiger partial charge on any atom is -0.396 e. The van der Waals surface area contributed by atoms with Crippen molar-refractivity contribution < 1.29 is 4.79 Å². The van der Waals surface area contributed by atoms with Gasteiger partial charge in [0.25, 0.3) is 5.91 Å². The predicted octanol–water partition coefficient (Wildman–Crippen LogP) is 2.06. The van der Waals surface area contributed by atoms with Crippen molar-refractivity contribution >= 4 is 11.6 Å². The number of carbonyl (C=O) groups excluding carboxylic acids is 1. The first-order valence-electron chi connectivity index (χ1n) is 6.70. The molecule has 1 aromatic heterocycles. The van der Waals surface area contributed by atoms with Gasteiger partial charge in [-0.1, -0.05) is 31.2 Å². The highest BCUT2D eigenvalue weighted by Crippen LogP contribution is 2.15. The number of amides is 1. The van der Waals surface area contributed by atoms with Crippen molar-refractivity contribution in [1.82, 2.24) is 15.1 Å². The molecule has 0 saturated carbocycles. The Kier molecular flexibility index (Phi) is 4.08. The van der Waals surface area contributed by atoms with Crippen LogP contribution in [-0.4, -0.2) is 15.7 Å². The van der Waals surface area contributed by atoms with Crippen LogP contribution in [0, 0.1) is 0 Å². The molecule has 1 amide bonds. The number of aryl methyl sites for hydroxylation is 2. The molecule has 1 aromatic carbocycles. The Hall–Kier alpha value is -2.30. The van der Waals surface area contributed by atoms with E-state index < -0.39 is 0 Å². The molecule has 0 fully saturated rings. The molecule has 1 atom stereocenters. The van der Waals surface area contributed by atoms with Gasteiger partial charge in [-0.2, -0.15) is 5.10 Å². The summed E-state index contributed by atoms with van der Waals surface area (Å²) in [6, 6.07) is 8.13. The Morgan fingerprint density at radius 1 is 1.40 bits per heavy atom. The van der Waals surface area contributed by atoms with E-state index in [-0.39, 0.29) is 17.6 Å². The number of rotatable bonds is 4. The van der Waals surface area contributed by atoms with Crippen LogP contribution in [0.4, 0.5) is 5.69 Å². The molecule has 0 spiro atoms. The average molecular weight is 272 g/mol. The maximum atomic E-state index is 12.1. The molecule has 3 N–H and O–H groups in total. The molecule has 1 heterocycles. The summed E-state index contributed by atoms with van der Waals surface area (Å²) in [6.07, 6.45) is 2.63. The van der Waals surface area contributed by atoms with Crippen LogP contribution in [0.15, 0.2) is 30.5 Å². The zero-order valence-electron chi connectivity index (χ0n) is 12.1. The average Bonchev–Trinajstić information content (AvgIpc) is 2.78. The number of nitrogens with zero attached hydrogens (tertiary/aromatic N) is 2. The minimum atomic E-state index is -0.254. The van der Waals surface area contributed by atoms with Crippen molar-refractivity contribution in [1.29, 1.82) is 0 Å². The fraction of sp³-hybridized carbons (Fsp3) is 0.333. The van der Waals surface area contributed by atoms with Crippen LogP contribution in [0.2, 0.25) is 0 Å². The van der Waals surface area contributed by atoms with E-state index in [1.807, 2.05) is 19.1 Å². The quantitative estimate of drug-likeness (QED) is 0.894. The molecule has 1 unspecified atom stereocenters. The van der Waals surface area contributed by atoms with E-state index in [1.165, 1.54) is 10.2 Å². The summed E-state index contributed by atoms with van der Waals surface area (Å²) in [5, 5.41) is 6.97. The number of nitrogens with one attached hydrogen (secondary N) is 1. The Balaban J connectivity index is 2.08. The third-order valence-corrected chi connectivity index (χ3v) is 3.31. The third-order valence-electron chi connectivity index (χ3n) is 3.31. The summed E-state index contributed by atoms with van der Waals surface area (Å²) < 4.78 is 1.53. The molecule has 5 nitrogen and oxygen atoms in total. The summed E-state index contributed by atoms with van der Waals surface area (Å²) in [4.78, 5) is 12.1. The number of aromatic nitrogens is 2. The van der Waals surface area contributed by atoms with Crippen molar-refractivity contribution in [2.75, 3.05) is 5.73 Å². The smallest absolute Gasteiger partial charge is 0.274 e. The molecule has 2 aromatic rings. The van der Waals surface area contributed by atoms with Crippen LogP contribution in [0.5, 0.6) is 0 Å². The fourth-order valence-corrected chi connectivity index (χ4v) is 2.07. The number of hydrogen-bond acceptors (Lipinski definition) is 3. The van der Waals surface area contributed by atoms with Crippen molar-refractivity contribution in [3.8, 4) is 0 Å². The molecule has 2 rings (SSSR count). The van der Waals surface area contributed by atoms with Gasteiger partial charge in [0.2, 0.25) is 0 Å². The fourth-order valence-electron chi connectivity index (χ4n) is 2.07. The highest BCUT2D eigenvalue weighted by Gasteiger charge is 2.16. The van der Waals surface area contributed by atoms with Crippen LogP contribution in [-0.2, 0) is 13.5 Å². The lowest BCUT2D eigenvalue weighted by atomic mass is 10.0. The largest absolute Gasteiger partial charge is 0.396 e. The van der Waals surface area contributed by atoms with E-state index in [2.05, 4.69) is 29.5 Å². The Morgan fingerprint density at radius 3 is 2.55 bits per heavy atom. The molecule has 0 aliphatic rings. The number of anilines is 1. The lowest BCUT2D eigenvalue weighted by molar-refractivity contribution is 0.0935. The van der Waals surface area contributed by atoms with Gasteiger partial charge in [0.1, 0.15) is 0 Å². The number of nitrogens with two attached hydrogens (primary N) is 1. The van der Waals surface area contributed by atoms with Crippen molar-refractivity contribution in [2.24, 2.45) is 7.05 Å². The molecular weight excluding hydrogens is 252 g/mol. The molecule has 0 saturated heterocycles. The van der Waals surface area contributed by atoms with E-state index in [9.17, 15) is 4.79 Å². The van der Waals surface area contributed by atoms with Gasteiger partial charge in [0.15, 0.2) is 5.69 Å². The standard InChI is InChI=1S/C15H20N4O/c1-4-11-5-7-12(8-6-11)10(2)17-15(20)14-13(16)9-19(3)18-14/h5-10H,4,16H2,1-3H3,(H,17,20). The highest BCUT2D eigenvalue weighted by atomic mass is 16.2. The van der Waals surface area contributed by atoms with Gasteiger partial charge in [0.05, 0.1) is 11.7 Å². The van der Waals surface area contributed by atoms with Gasteiger partial charge < -0.3 is 11.1 Å². The van der Waals surface area contributed by atoms with Gasteiger partial charge in [0, 0.05) is 13.2 Å². The topological polar surface area (TPSA) is 72.9 Å². The first-order valence-corrected chi connectivity index (χ1v) is 6.70. The highest BCUT2D eigenvalue weighted by molar-refractivity contribution is 5.97. The van der Waals surface area contributed by atoms with E-state index in [1.54, 1.807) is 13.2 Å². The normalized spacial score (nSPS) is 12.2. The second-order valence-electron chi connectivity index (χ2n) is 4.90. The first kappa shape index (κ1) is 14.1. The monoisotopic (exact) mass is 272 g/mol. The van der Waals surface area contributed by atoms with Crippen molar-refractivity contribution in [2.45, 2.75) is 26.3 Å². The Bertz CT molecular complexity index is 601. The molecule has 0 radical (unpaired) electrons. The summed E-state index contributed by atoms with van der Waals surface area (Å²) in [6.45, 7) is 4.06. The van der Waals surface area contributed by atoms with Crippen molar-refractivity contribution in [3.05, 3.63) is 47.3 Å². The van der Waals surface area contributed by atoms with E-state index in [0.717, 1.165) is 12.0 Å². The van der Waals surface area contributed by atoms with E-state index >= 15 is 0 Å². The lowest BCUT2D eigenvalue weighted by Gasteiger charge is -2.14. The second kappa shape index (κ2) is 5.77.